The van der Waals surface area contributed by atoms with Crippen LogP contribution in [0.2, 0.25) is 0 Å². The van der Waals surface area contributed by atoms with Gasteiger partial charge in [-0.15, -0.1) is 0 Å². The molecule has 0 aromatic heterocycles. The van der Waals surface area contributed by atoms with Gasteiger partial charge < -0.3 is 9.47 Å². The number of carbonyl (C=O) groups excluding carboxylic acids is 2. The van der Waals surface area contributed by atoms with Crippen molar-refractivity contribution in [1.29, 1.82) is 0 Å². The molecular formula is C17H21NO4. The molecule has 1 aliphatic rings. The van der Waals surface area contributed by atoms with Crippen LogP contribution in [0.25, 0.3) is 0 Å². The molecule has 1 amide bonds. The molecule has 0 radical (unpaired) electrons. The predicted octanol–water partition coefficient (Wildman–Crippen LogP) is 3.25. The Balaban J connectivity index is 1.93. The predicted molar refractivity (Wildman–Crippen MR) is 81.9 cm³/mol. The highest BCUT2D eigenvalue weighted by Crippen LogP contribution is 2.20. The van der Waals surface area contributed by atoms with Gasteiger partial charge in [0.2, 0.25) is 0 Å². The maximum Gasteiger partial charge on any atom is 0.415 e. The Labute approximate surface area is 130 Å². The molecule has 0 N–H and O–H groups in total. The molecule has 0 saturated heterocycles. The summed E-state index contributed by atoms with van der Waals surface area (Å²) < 4.78 is 10.6. The lowest BCUT2D eigenvalue weighted by Gasteiger charge is -2.26. The highest BCUT2D eigenvalue weighted by Gasteiger charge is 2.34. The van der Waals surface area contributed by atoms with Gasteiger partial charge in [0.15, 0.2) is 0 Å². The molecule has 0 fully saturated rings. The van der Waals surface area contributed by atoms with Crippen LogP contribution in [-0.2, 0) is 20.9 Å². The Bertz CT molecular complexity index is 560. The summed E-state index contributed by atoms with van der Waals surface area (Å²) in [5.41, 5.74) is 0.303. The number of hydrogen-bond donors (Lipinski definition) is 0. The molecular weight excluding hydrogens is 282 g/mol. The second-order valence-corrected chi connectivity index (χ2v) is 6.12. The average molecular weight is 303 g/mol. The van der Waals surface area contributed by atoms with Crippen LogP contribution >= 0.6 is 0 Å². The number of nitrogens with zero attached hydrogens (tertiary/aromatic N) is 1. The summed E-state index contributed by atoms with van der Waals surface area (Å²) >= 11 is 0. The minimum atomic E-state index is -0.654. The normalized spacial score (nSPS) is 17.4. The van der Waals surface area contributed by atoms with E-state index in [1.54, 1.807) is 33.0 Å². The molecule has 22 heavy (non-hydrogen) atoms. The number of amides is 1. The molecule has 0 bridgehead atoms. The fourth-order valence-corrected chi connectivity index (χ4v) is 2.06. The summed E-state index contributed by atoms with van der Waals surface area (Å²) in [6, 6.07) is 8.77. The first-order valence-corrected chi connectivity index (χ1v) is 7.25. The summed E-state index contributed by atoms with van der Waals surface area (Å²) in [5.74, 6) is -0.431. The lowest BCUT2D eigenvalue weighted by molar-refractivity contribution is -0.149. The zero-order chi connectivity index (χ0) is 16.2. The van der Waals surface area contributed by atoms with Gasteiger partial charge in [0.1, 0.15) is 18.2 Å². The van der Waals surface area contributed by atoms with E-state index in [0.717, 1.165) is 5.56 Å². The van der Waals surface area contributed by atoms with Crippen LogP contribution < -0.4 is 0 Å². The lowest BCUT2D eigenvalue weighted by atomic mass is 10.2. The van der Waals surface area contributed by atoms with Gasteiger partial charge in [0, 0.05) is 6.20 Å². The average Bonchev–Trinajstić information content (AvgIpc) is 2.93. The van der Waals surface area contributed by atoms with Crippen molar-refractivity contribution < 1.29 is 19.1 Å². The van der Waals surface area contributed by atoms with Crippen molar-refractivity contribution in [2.75, 3.05) is 0 Å². The molecule has 0 unspecified atom stereocenters. The van der Waals surface area contributed by atoms with Crippen LogP contribution in [0.1, 0.15) is 32.8 Å². The van der Waals surface area contributed by atoms with Crippen molar-refractivity contribution in [3.63, 3.8) is 0 Å². The molecule has 5 heteroatoms. The number of carbonyl (C=O) groups is 2. The number of benzene rings is 1. The zero-order valence-electron chi connectivity index (χ0n) is 13.1. The van der Waals surface area contributed by atoms with Gasteiger partial charge in [-0.05, 0) is 32.8 Å². The Hall–Kier alpha value is -2.30. The molecule has 2 rings (SSSR count). The van der Waals surface area contributed by atoms with Crippen molar-refractivity contribution in [3.05, 3.63) is 48.2 Å². The highest BCUT2D eigenvalue weighted by atomic mass is 16.6. The van der Waals surface area contributed by atoms with Gasteiger partial charge in [-0.1, -0.05) is 36.4 Å². The Morgan fingerprint density at radius 3 is 2.55 bits per heavy atom. The van der Waals surface area contributed by atoms with Gasteiger partial charge in [-0.25, -0.2) is 9.59 Å². The molecule has 5 nitrogen and oxygen atoms in total. The second kappa shape index (κ2) is 6.64. The van der Waals surface area contributed by atoms with Crippen LogP contribution in [0, 0.1) is 0 Å². The van der Waals surface area contributed by atoms with E-state index in [1.807, 2.05) is 30.3 Å². The fourth-order valence-electron chi connectivity index (χ4n) is 2.06. The molecule has 1 atom stereocenters. The lowest BCUT2D eigenvalue weighted by Crippen LogP contribution is -2.42. The maximum atomic E-state index is 12.2. The Morgan fingerprint density at radius 1 is 1.23 bits per heavy atom. The Morgan fingerprint density at radius 2 is 1.91 bits per heavy atom. The second-order valence-electron chi connectivity index (χ2n) is 6.12. The van der Waals surface area contributed by atoms with Crippen molar-refractivity contribution in [3.8, 4) is 0 Å². The van der Waals surface area contributed by atoms with Crippen LogP contribution in [0.4, 0.5) is 4.79 Å². The first-order valence-electron chi connectivity index (χ1n) is 7.25. The molecule has 1 aliphatic heterocycles. The van der Waals surface area contributed by atoms with E-state index in [1.165, 1.54) is 4.90 Å². The van der Waals surface area contributed by atoms with E-state index in [0.29, 0.717) is 6.42 Å². The van der Waals surface area contributed by atoms with Gasteiger partial charge in [0.25, 0.3) is 0 Å². The fraction of sp³-hybridized carbons (Fsp3) is 0.412. The zero-order valence-corrected chi connectivity index (χ0v) is 13.1. The summed E-state index contributed by atoms with van der Waals surface area (Å²) in [4.78, 5) is 25.6. The molecule has 1 aromatic carbocycles. The van der Waals surface area contributed by atoms with Crippen LogP contribution in [0.15, 0.2) is 42.6 Å². The van der Waals surface area contributed by atoms with Crippen molar-refractivity contribution >= 4 is 12.1 Å². The van der Waals surface area contributed by atoms with E-state index in [9.17, 15) is 9.59 Å². The topological polar surface area (TPSA) is 55.8 Å². The summed E-state index contributed by atoms with van der Waals surface area (Å²) in [6.45, 7) is 5.55. The van der Waals surface area contributed by atoms with E-state index < -0.39 is 23.7 Å². The maximum absolute atomic E-state index is 12.2. The SMILES string of the molecule is CC(C)(C)OC(=O)N1C=CC[C@H]1C(=O)OCc1ccccc1. The molecule has 1 aromatic rings. The molecule has 0 spiro atoms. The van der Waals surface area contributed by atoms with E-state index >= 15 is 0 Å². The van der Waals surface area contributed by atoms with Crippen molar-refractivity contribution in [1.82, 2.24) is 4.90 Å². The number of esters is 1. The van der Waals surface area contributed by atoms with Crippen LogP contribution in [0.3, 0.4) is 0 Å². The third kappa shape index (κ3) is 4.35. The molecule has 0 aliphatic carbocycles. The monoisotopic (exact) mass is 303 g/mol. The van der Waals surface area contributed by atoms with Gasteiger partial charge >= 0.3 is 12.1 Å². The summed E-state index contributed by atoms with van der Waals surface area (Å²) in [5, 5.41) is 0. The smallest absolute Gasteiger partial charge is 0.415 e. The highest BCUT2D eigenvalue weighted by molar-refractivity contribution is 5.83. The minimum absolute atomic E-state index is 0.193. The first kappa shape index (κ1) is 16.1. The Kier molecular flexibility index (Phi) is 4.85. The van der Waals surface area contributed by atoms with Crippen LogP contribution in [0.5, 0.6) is 0 Å². The minimum Gasteiger partial charge on any atom is -0.459 e. The number of ether oxygens (including phenoxy) is 2. The van der Waals surface area contributed by atoms with Gasteiger partial charge in [-0.3, -0.25) is 4.90 Å². The first-order chi connectivity index (χ1) is 10.4. The van der Waals surface area contributed by atoms with Crippen molar-refractivity contribution in [2.24, 2.45) is 0 Å². The standard InChI is InChI=1S/C17H21NO4/c1-17(2,3)22-16(20)18-11-7-10-14(18)15(19)21-12-13-8-5-4-6-9-13/h4-9,11,14H,10,12H2,1-3H3/t14-/m0/s1. The summed E-state index contributed by atoms with van der Waals surface area (Å²) in [7, 11) is 0. The van der Waals surface area contributed by atoms with Crippen molar-refractivity contribution in [2.45, 2.75) is 45.4 Å². The van der Waals surface area contributed by atoms with E-state index in [2.05, 4.69) is 0 Å². The molecule has 118 valence electrons. The van der Waals surface area contributed by atoms with Gasteiger partial charge in [-0.2, -0.15) is 0 Å². The number of rotatable bonds is 3. The number of hydrogen-bond acceptors (Lipinski definition) is 4. The molecule has 1 heterocycles. The third-order valence-electron chi connectivity index (χ3n) is 3.06. The van der Waals surface area contributed by atoms with Gasteiger partial charge in [0.05, 0.1) is 0 Å². The van der Waals surface area contributed by atoms with Crippen LogP contribution in [-0.4, -0.2) is 28.6 Å². The third-order valence-corrected chi connectivity index (χ3v) is 3.06. The van der Waals surface area contributed by atoms with E-state index in [4.69, 9.17) is 9.47 Å². The summed E-state index contributed by atoms with van der Waals surface area (Å²) in [6.07, 6.45) is 3.23. The quantitative estimate of drug-likeness (QED) is 0.804. The molecule has 0 saturated carbocycles. The van der Waals surface area contributed by atoms with E-state index in [-0.39, 0.29) is 6.61 Å². The largest absolute Gasteiger partial charge is 0.459 e.